The number of aliphatic carboxylic acids is 1. The summed E-state index contributed by atoms with van der Waals surface area (Å²) in [4.78, 5) is 22.8. The Morgan fingerprint density at radius 1 is 1.27 bits per heavy atom. The van der Waals surface area contributed by atoms with Gasteiger partial charge in [-0.25, -0.2) is 0 Å². The van der Waals surface area contributed by atoms with Crippen molar-refractivity contribution in [2.24, 2.45) is 0 Å². The van der Waals surface area contributed by atoms with Crippen molar-refractivity contribution in [3.63, 3.8) is 0 Å². The van der Waals surface area contributed by atoms with Crippen LogP contribution in [0.5, 0.6) is 0 Å². The van der Waals surface area contributed by atoms with E-state index in [1.165, 1.54) is 43.7 Å². The topological polar surface area (TPSA) is 89.1 Å². The molecule has 9 heteroatoms. The van der Waals surface area contributed by atoms with Crippen molar-refractivity contribution in [3.05, 3.63) is 29.3 Å². The average Bonchev–Trinajstić information content (AvgIpc) is 2.78. The minimum absolute atomic E-state index is 0.131. The van der Waals surface area contributed by atoms with Crippen LogP contribution in [0.3, 0.4) is 0 Å². The van der Waals surface area contributed by atoms with E-state index < -0.39 is 12.1 Å². The maximum absolute atomic E-state index is 11.5. The number of alkyl halides is 3. The third-order valence-corrected chi connectivity index (χ3v) is 4.35. The molecule has 0 unspecified atom stereocenters. The maximum atomic E-state index is 11.5. The molecule has 0 radical (unpaired) electrons. The molecule has 6 nitrogen and oxygen atoms in total. The summed E-state index contributed by atoms with van der Waals surface area (Å²) in [5, 5.41) is 14.1. The molecule has 26 heavy (non-hydrogen) atoms. The Morgan fingerprint density at radius 2 is 2.00 bits per heavy atom. The molecule has 0 atom stereocenters. The van der Waals surface area contributed by atoms with Crippen LogP contribution in [-0.2, 0) is 22.4 Å². The minimum atomic E-state index is -5.19. The number of carbonyl (C=O) groups is 2. The van der Waals surface area contributed by atoms with Gasteiger partial charge in [0.15, 0.2) is 0 Å². The van der Waals surface area contributed by atoms with Gasteiger partial charge < -0.3 is 20.5 Å². The minimum Gasteiger partial charge on any atom is -0.542 e. The highest BCUT2D eigenvalue weighted by Crippen LogP contribution is 2.26. The highest BCUT2D eigenvalue weighted by Gasteiger charge is 2.28. The zero-order valence-corrected chi connectivity index (χ0v) is 14.3. The van der Waals surface area contributed by atoms with Gasteiger partial charge >= 0.3 is 6.18 Å². The Bertz CT molecular complexity index is 642. The van der Waals surface area contributed by atoms with E-state index in [1.807, 2.05) is 6.07 Å². The number of fused-ring (bicyclic) bond motifs is 1. The van der Waals surface area contributed by atoms with E-state index in [1.54, 1.807) is 0 Å². The van der Waals surface area contributed by atoms with Crippen LogP contribution in [-0.4, -0.2) is 55.7 Å². The molecule has 1 saturated heterocycles. The van der Waals surface area contributed by atoms with Crippen molar-refractivity contribution in [2.75, 3.05) is 38.0 Å². The second-order valence-corrected chi connectivity index (χ2v) is 6.26. The number of halogens is 3. The van der Waals surface area contributed by atoms with Gasteiger partial charge in [0.25, 0.3) is 0 Å². The Labute approximate surface area is 149 Å². The molecule has 1 aromatic carbocycles. The molecule has 144 valence electrons. The molecule has 2 aliphatic rings. The number of nitrogens with two attached hydrogens (primary N) is 1. The second-order valence-electron chi connectivity index (χ2n) is 6.26. The normalized spacial score (nSPS) is 17.6. The lowest BCUT2D eigenvalue weighted by atomic mass is 10.0. The van der Waals surface area contributed by atoms with E-state index in [2.05, 4.69) is 27.7 Å². The molecule has 3 N–H and O–H groups in total. The molecule has 3 rings (SSSR count). The van der Waals surface area contributed by atoms with Crippen LogP contribution in [0.15, 0.2) is 18.2 Å². The van der Waals surface area contributed by atoms with Gasteiger partial charge in [0.05, 0.1) is 19.5 Å². The Kier molecular flexibility index (Phi) is 6.98. The van der Waals surface area contributed by atoms with Crippen molar-refractivity contribution in [3.8, 4) is 0 Å². The smallest absolute Gasteiger partial charge is 0.430 e. The summed E-state index contributed by atoms with van der Waals surface area (Å²) in [6.45, 7) is 5.98. The monoisotopic (exact) mass is 373 g/mol. The summed E-state index contributed by atoms with van der Waals surface area (Å²) in [6, 6.07) is 6.23. The van der Waals surface area contributed by atoms with Gasteiger partial charge in [-0.05, 0) is 23.6 Å². The van der Waals surface area contributed by atoms with E-state index in [-0.39, 0.29) is 5.91 Å². The molecule has 2 aliphatic heterocycles. The SMILES string of the molecule is O=C([O-])C(F)(F)F.O=C1Cc2c(CCN3CCC[NH2+]CC3)cccc2N1. The van der Waals surface area contributed by atoms with E-state index >= 15 is 0 Å². The molecular formula is C17H22F3N3O3. The molecule has 0 aromatic heterocycles. The molecule has 2 heterocycles. The van der Waals surface area contributed by atoms with Crippen LogP contribution in [0.25, 0.3) is 0 Å². The van der Waals surface area contributed by atoms with Crippen molar-refractivity contribution in [1.82, 2.24) is 4.90 Å². The van der Waals surface area contributed by atoms with Crippen LogP contribution < -0.4 is 15.7 Å². The van der Waals surface area contributed by atoms with E-state index in [9.17, 15) is 18.0 Å². The number of hydrogen-bond acceptors (Lipinski definition) is 4. The molecule has 1 fully saturated rings. The Morgan fingerprint density at radius 3 is 2.69 bits per heavy atom. The standard InChI is InChI=1S/C15H21N3O.C2HF3O2/c19-15-11-13-12(3-1-4-14(13)17-15)5-9-18-8-2-6-16-7-10-18;3-2(4,5)1(6)7/h1,3-4,16H,2,5-11H2,(H,17,19);(H,6,7). The van der Waals surface area contributed by atoms with Gasteiger partial charge in [0, 0.05) is 31.7 Å². The van der Waals surface area contributed by atoms with Crippen LogP contribution in [0, 0.1) is 0 Å². The number of hydrogen-bond donors (Lipinski definition) is 2. The Hall–Kier alpha value is -2.13. The van der Waals surface area contributed by atoms with Crippen molar-refractivity contribution < 1.29 is 33.2 Å². The van der Waals surface area contributed by atoms with Gasteiger partial charge in [-0.2, -0.15) is 13.2 Å². The number of anilines is 1. The molecule has 0 saturated carbocycles. The molecule has 0 aliphatic carbocycles. The summed E-state index contributed by atoms with van der Waals surface area (Å²) in [5.74, 6) is -2.88. The van der Waals surface area contributed by atoms with Crippen LogP contribution in [0.2, 0.25) is 0 Å². The summed E-state index contributed by atoms with van der Waals surface area (Å²) in [5.41, 5.74) is 3.57. The highest BCUT2D eigenvalue weighted by atomic mass is 19.4. The third-order valence-electron chi connectivity index (χ3n) is 4.35. The molecule has 0 bridgehead atoms. The summed E-state index contributed by atoms with van der Waals surface area (Å²) in [7, 11) is 0. The lowest BCUT2D eigenvalue weighted by Gasteiger charge is -2.18. The summed E-state index contributed by atoms with van der Waals surface area (Å²) >= 11 is 0. The first-order chi connectivity index (χ1) is 12.3. The quantitative estimate of drug-likeness (QED) is 0.733. The number of benzene rings is 1. The fourth-order valence-corrected chi connectivity index (χ4v) is 3.04. The number of quaternary nitrogens is 1. The van der Waals surface area contributed by atoms with Gasteiger partial charge in [0.1, 0.15) is 5.97 Å². The van der Waals surface area contributed by atoms with Gasteiger partial charge in [-0.15, -0.1) is 0 Å². The number of nitrogens with zero attached hydrogens (tertiary/aromatic N) is 1. The molecular weight excluding hydrogens is 351 g/mol. The summed E-state index contributed by atoms with van der Waals surface area (Å²) < 4.78 is 31.5. The lowest BCUT2D eigenvalue weighted by molar-refractivity contribution is -0.651. The van der Waals surface area contributed by atoms with E-state index in [0.29, 0.717) is 6.42 Å². The van der Waals surface area contributed by atoms with Crippen molar-refractivity contribution in [2.45, 2.75) is 25.4 Å². The van der Waals surface area contributed by atoms with Crippen LogP contribution in [0.4, 0.5) is 18.9 Å². The maximum Gasteiger partial charge on any atom is 0.430 e. The fraction of sp³-hybridized carbons (Fsp3) is 0.529. The molecule has 1 amide bonds. The first-order valence-electron chi connectivity index (χ1n) is 8.50. The zero-order valence-electron chi connectivity index (χ0n) is 14.3. The Balaban J connectivity index is 0.000000298. The fourth-order valence-electron chi connectivity index (χ4n) is 3.04. The molecule has 1 aromatic rings. The number of amides is 1. The van der Waals surface area contributed by atoms with Gasteiger partial charge in [-0.1, -0.05) is 12.1 Å². The predicted octanol–water partition coefficient (Wildman–Crippen LogP) is -0.709. The number of nitrogens with one attached hydrogen (secondary N) is 1. The van der Waals surface area contributed by atoms with Crippen LogP contribution >= 0.6 is 0 Å². The van der Waals surface area contributed by atoms with Crippen LogP contribution in [0.1, 0.15) is 17.5 Å². The van der Waals surface area contributed by atoms with Gasteiger partial charge in [-0.3, -0.25) is 9.69 Å². The summed E-state index contributed by atoms with van der Waals surface area (Å²) in [6.07, 6.45) is -2.30. The predicted molar refractivity (Wildman–Crippen MR) is 86.3 cm³/mol. The average molecular weight is 373 g/mol. The van der Waals surface area contributed by atoms with Gasteiger partial charge in [0.2, 0.25) is 5.91 Å². The second kappa shape index (κ2) is 9.00. The molecule has 0 spiro atoms. The lowest BCUT2D eigenvalue weighted by Crippen LogP contribution is -2.84. The first kappa shape index (κ1) is 20.2. The van der Waals surface area contributed by atoms with E-state index in [4.69, 9.17) is 9.90 Å². The highest BCUT2D eigenvalue weighted by molar-refractivity contribution is 5.99. The van der Waals surface area contributed by atoms with E-state index in [0.717, 1.165) is 18.7 Å². The number of carboxylic acid groups (broad SMARTS) is 1. The largest absolute Gasteiger partial charge is 0.542 e. The van der Waals surface area contributed by atoms with Crippen molar-refractivity contribution >= 4 is 17.6 Å². The number of carbonyl (C=O) groups excluding carboxylic acids is 2. The third kappa shape index (κ3) is 5.99. The zero-order chi connectivity index (χ0) is 19.2. The van der Waals surface area contributed by atoms with Crippen molar-refractivity contribution in [1.29, 1.82) is 0 Å². The number of carboxylic acids is 1. The first-order valence-corrected chi connectivity index (χ1v) is 8.50. The number of rotatable bonds is 3.